The van der Waals surface area contributed by atoms with E-state index in [1.54, 1.807) is 6.07 Å². The molecule has 0 aliphatic carbocycles. The van der Waals surface area contributed by atoms with E-state index in [9.17, 15) is 4.39 Å². The molecule has 0 atom stereocenters. The highest BCUT2D eigenvalue weighted by molar-refractivity contribution is 9.10. The Kier molecular flexibility index (Phi) is 3.40. The minimum Gasteiger partial charge on any atom is -0.355 e. The monoisotopic (exact) mass is 330 g/mol. The van der Waals surface area contributed by atoms with Crippen molar-refractivity contribution in [1.29, 1.82) is 0 Å². The number of nitrogens with zero attached hydrogens (tertiary/aromatic N) is 1. The van der Waals surface area contributed by atoms with E-state index in [-0.39, 0.29) is 5.82 Å². The molecule has 3 aromatic rings. The van der Waals surface area contributed by atoms with Crippen LogP contribution in [0.1, 0.15) is 5.69 Å². The SMILES string of the molecule is Cc1cc(Nc2cccc(Br)c2)c2cc(F)ccc2n1. The third-order valence-electron chi connectivity index (χ3n) is 3.00. The van der Waals surface area contributed by atoms with Crippen molar-refractivity contribution in [2.24, 2.45) is 0 Å². The van der Waals surface area contributed by atoms with E-state index in [1.807, 2.05) is 37.3 Å². The van der Waals surface area contributed by atoms with Crippen molar-refractivity contribution in [3.8, 4) is 0 Å². The number of aromatic nitrogens is 1. The van der Waals surface area contributed by atoms with Crippen LogP contribution in [-0.4, -0.2) is 4.98 Å². The van der Waals surface area contributed by atoms with Gasteiger partial charge in [0.1, 0.15) is 5.82 Å². The second kappa shape index (κ2) is 5.21. The van der Waals surface area contributed by atoms with Crippen LogP contribution in [0, 0.1) is 12.7 Å². The lowest BCUT2D eigenvalue weighted by Gasteiger charge is -2.11. The average molecular weight is 331 g/mol. The molecule has 0 radical (unpaired) electrons. The molecule has 4 heteroatoms. The fraction of sp³-hybridized carbons (Fsp3) is 0.0625. The third-order valence-corrected chi connectivity index (χ3v) is 3.50. The van der Waals surface area contributed by atoms with Crippen molar-refractivity contribution >= 4 is 38.2 Å². The van der Waals surface area contributed by atoms with Crippen LogP contribution in [0.3, 0.4) is 0 Å². The number of pyridine rings is 1. The maximum Gasteiger partial charge on any atom is 0.124 e. The van der Waals surface area contributed by atoms with Gasteiger partial charge in [0.25, 0.3) is 0 Å². The van der Waals surface area contributed by atoms with E-state index in [2.05, 4.69) is 26.2 Å². The molecule has 2 nitrogen and oxygen atoms in total. The van der Waals surface area contributed by atoms with Gasteiger partial charge in [0.15, 0.2) is 0 Å². The number of rotatable bonds is 2. The standard InChI is InChI=1S/C16H12BrFN2/c1-10-7-16(20-13-4-2-3-11(17)8-13)14-9-12(18)5-6-15(14)19-10/h2-9H,1H3,(H,19,20). The van der Waals surface area contributed by atoms with Gasteiger partial charge >= 0.3 is 0 Å². The number of hydrogen-bond donors (Lipinski definition) is 1. The Labute approximate surface area is 124 Å². The lowest BCUT2D eigenvalue weighted by Crippen LogP contribution is -1.95. The van der Waals surface area contributed by atoms with Gasteiger partial charge in [-0.25, -0.2) is 4.39 Å². The highest BCUT2D eigenvalue weighted by Crippen LogP contribution is 2.28. The van der Waals surface area contributed by atoms with Crippen LogP contribution in [-0.2, 0) is 0 Å². The smallest absolute Gasteiger partial charge is 0.124 e. The number of anilines is 2. The molecule has 20 heavy (non-hydrogen) atoms. The molecule has 0 saturated carbocycles. The molecule has 3 rings (SSSR count). The molecule has 0 amide bonds. The van der Waals surface area contributed by atoms with Crippen molar-refractivity contribution < 1.29 is 4.39 Å². The molecular weight excluding hydrogens is 319 g/mol. The minimum absolute atomic E-state index is 0.263. The zero-order valence-electron chi connectivity index (χ0n) is 10.8. The summed E-state index contributed by atoms with van der Waals surface area (Å²) in [4.78, 5) is 4.42. The van der Waals surface area contributed by atoms with Gasteiger partial charge in [-0.3, -0.25) is 4.98 Å². The van der Waals surface area contributed by atoms with Crippen LogP contribution in [0.4, 0.5) is 15.8 Å². The largest absolute Gasteiger partial charge is 0.355 e. The molecule has 100 valence electrons. The van der Waals surface area contributed by atoms with Gasteiger partial charge in [-0.1, -0.05) is 22.0 Å². The van der Waals surface area contributed by atoms with Gasteiger partial charge in [0, 0.05) is 26.9 Å². The van der Waals surface area contributed by atoms with Crippen molar-refractivity contribution in [3.63, 3.8) is 0 Å². The summed E-state index contributed by atoms with van der Waals surface area (Å²) in [6, 6.07) is 14.4. The van der Waals surface area contributed by atoms with Gasteiger partial charge in [-0.15, -0.1) is 0 Å². The Balaban J connectivity index is 2.12. The van der Waals surface area contributed by atoms with E-state index >= 15 is 0 Å². The first-order valence-corrected chi connectivity index (χ1v) is 7.00. The first-order valence-electron chi connectivity index (χ1n) is 6.21. The zero-order valence-corrected chi connectivity index (χ0v) is 12.4. The normalized spacial score (nSPS) is 10.8. The van der Waals surface area contributed by atoms with Gasteiger partial charge in [-0.2, -0.15) is 0 Å². The predicted octanol–water partition coefficient (Wildman–Crippen LogP) is 5.19. The number of aryl methyl sites for hydroxylation is 1. The first-order chi connectivity index (χ1) is 9.61. The molecule has 0 aliphatic heterocycles. The van der Waals surface area contributed by atoms with Crippen LogP contribution in [0.15, 0.2) is 53.0 Å². The Morgan fingerprint density at radius 3 is 2.75 bits per heavy atom. The summed E-state index contributed by atoms with van der Waals surface area (Å²) in [6.45, 7) is 1.93. The Hall–Kier alpha value is -1.94. The van der Waals surface area contributed by atoms with E-state index in [4.69, 9.17) is 0 Å². The summed E-state index contributed by atoms with van der Waals surface area (Å²) in [5, 5.41) is 4.09. The number of fused-ring (bicyclic) bond motifs is 1. The number of halogens is 2. The van der Waals surface area contributed by atoms with Crippen molar-refractivity contribution in [1.82, 2.24) is 4.98 Å². The van der Waals surface area contributed by atoms with E-state index < -0.39 is 0 Å². The maximum absolute atomic E-state index is 13.5. The summed E-state index contributed by atoms with van der Waals surface area (Å²) in [6.07, 6.45) is 0. The number of benzene rings is 2. The Morgan fingerprint density at radius 1 is 1.10 bits per heavy atom. The second-order valence-corrected chi connectivity index (χ2v) is 5.52. The molecule has 0 aliphatic rings. The lowest BCUT2D eigenvalue weighted by atomic mass is 10.1. The molecule has 1 heterocycles. The summed E-state index contributed by atoms with van der Waals surface area (Å²) in [7, 11) is 0. The summed E-state index contributed by atoms with van der Waals surface area (Å²) in [5.41, 5.74) is 3.46. The maximum atomic E-state index is 13.5. The van der Waals surface area contributed by atoms with Gasteiger partial charge < -0.3 is 5.32 Å². The second-order valence-electron chi connectivity index (χ2n) is 4.61. The fourth-order valence-corrected chi connectivity index (χ4v) is 2.55. The first kappa shape index (κ1) is 13.1. The summed E-state index contributed by atoms with van der Waals surface area (Å²) in [5.74, 6) is -0.263. The van der Waals surface area contributed by atoms with Crippen molar-refractivity contribution in [2.45, 2.75) is 6.92 Å². The van der Waals surface area contributed by atoms with Crippen LogP contribution in [0.5, 0.6) is 0 Å². The molecule has 0 unspecified atom stereocenters. The van der Waals surface area contributed by atoms with Crippen molar-refractivity contribution in [2.75, 3.05) is 5.32 Å². The molecule has 0 bridgehead atoms. The van der Waals surface area contributed by atoms with E-state index in [0.29, 0.717) is 0 Å². The third kappa shape index (κ3) is 2.65. The van der Waals surface area contributed by atoms with Crippen LogP contribution >= 0.6 is 15.9 Å². The minimum atomic E-state index is -0.263. The predicted molar refractivity (Wildman–Crippen MR) is 83.9 cm³/mol. The average Bonchev–Trinajstić information content (AvgIpc) is 2.39. The lowest BCUT2D eigenvalue weighted by molar-refractivity contribution is 0.629. The van der Waals surface area contributed by atoms with Gasteiger partial charge in [-0.05, 0) is 49.4 Å². The Morgan fingerprint density at radius 2 is 1.95 bits per heavy atom. The molecular formula is C16H12BrFN2. The molecule has 2 aromatic carbocycles. The van der Waals surface area contributed by atoms with Gasteiger partial charge in [0.2, 0.25) is 0 Å². The highest BCUT2D eigenvalue weighted by Gasteiger charge is 2.06. The molecule has 0 saturated heterocycles. The summed E-state index contributed by atoms with van der Waals surface area (Å²) >= 11 is 3.44. The molecule has 1 N–H and O–H groups in total. The molecule has 0 fully saturated rings. The zero-order chi connectivity index (χ0) is 14.1. The van der Waals surface area contributed by atoms with E-state index in [0.717, 1.165) is 32.4 Å². The highest BCUT2D eigenvalue weighted by atomic mass is 79.9. The topological polar surface area (TPSA) is 24.9 Å². The van der Waals surface area contributed by atoms with Crippen LogP contribution in [0.25, 0.3) is 10.9 Å². The summed E-state index contributed by atoms with van der Waals surface area (Å²) < 4.78 is 14.4. The van der Waals surface area contributed by atoms with Crippen molar-refractivity contribution in [3.05, 3.63) is 64.5 Å². The van der Waals surface area contributed by atoms with Crippen LogP contribution < -0.4 is 5.32 Å². The quantitative estimate of drug-likeness (QED) is 0.699. The number of hydrogen-bond acceptors (Lipinski definition) is 2. The Bertz CT molecular complexity index is 787. The van der Waals surface area contributed by atoms with E-state index in [1.165, 1.54) is 12.1 Å². The number of nitrogens with one attached hydrogen (secondary N) is 1. The molecule has 0 spiro atoms. The van der Waals surface area contributed by atoms with Gasteiger partial charge in [0.05, 0.1) is 5.52 Å². The fourth-order valence-electron chi connectivity index (χ4n) is 2.16. The van der Waals surface area contributed by atoms with Crippen LogP contribution in [0.2, 0.25) is 0 Å². The molecule has 1 aromatic heterocycles.